The zero-order chi connectivity index (χ0) is 14.8. The maximum Gasteiger partial charge on any atom is 0.254 e. The van der Waals surface area contributed by atoms with Gasteiger partial charge >= 0.3 is 0 Å². The number of hydrogen-bond donors (Lipinski definition) is 2. The smallest absolute Gasteiger partial charge is 0.254 e. The number of nitrogens with zero attached hydrogens (tertiary/aromatic N) is 1. The Balaban J connectivity index is 2.19. The van der Waals surface area contributed by atoms with E-state index in [0.717, 1.165) is 0 Å². The maximum atomic E-state index is 14.2. The monoisotopic (exact) mass is 281 g/mol. The molecule has 1 aliphatic heterocycles. The molecular weight excluding hydrogens is 261 g/mol. The molecule has 110 valence electrons. The summed E-state index contributed by atoms with van der Waals surface area (Å²) in [6, 6.07) is 1.38. The van der Waals surface area contributed by atoms with Gasteiger partial charge in [0.15, 0.2) is 11.6 Å². The summed E-state index contributed by atoms with van der Waals surface area (Å²) in [5.41, 5.74) is -0.471. The van der Waals surface area contributed by atoms with E-state index in [0.29, 0.717) is 19.6 Å². The van der Waals surface area contributed by atoms with Gasteiger partial charge in [0.1, 0.15) is 0 Å². The molecule has 1 aromatic heterocycles. The fourth-order valence-electron chi connectivity index (χ4n) is 2.24. The summed E-state index contributed by atoms with van der Waals surface area (Å²) >= 11 is 0. The van der Waals surface area contributed by atoms with Crippen molar-refractivity contribution in [2.24, 2.45) is 0 Å². The van der Waals surface area contributed by atoms with Gasteiger partial charge in [-0.3, -0.25) is 4.79 Å². The van der Waals surface area contributed by atoms with Crippen molar-refractivity contribution in [3.05, 3.63) is 23.6 Å². The Labute approximate surface area is 117 Å². The first-order valence-electron chi connectivity index (χ1n) is 6.80. The number of nitrogens with one attached hydrogen (secondary N) is 2. The number of halogens is 1. The molecule has 0 saturated carbocycles. The SMILES string of the molecule is CCNc1nccc(C(=O)NC2(C)CCOC2C)c1F. The highest BCUT2D eigenvalue weighted by Crippen LogP contribution is 2.26. The Bertz CT molecular complexity index is 509. The molecule has 2 unspecified atom stereocenters. The number of carbonyl (C=O) groups excluding carboxylic acids is 1. The minimum absolute atomic E-state index is 0.00345. The van der Waals surface area contributed by atoms with Gasteiger partial charge in [0.25, 0.3) is 5.91 Å². The number of rotatable bonds is 4. The molecular formula is C14H20FN3O2. The minimum Gasteiger partial charge on any atom is -0.376 e. The summed E-state index contributed by atoms with van der Waals surface area (Å²) in [6.07, 6.45) is 2.05. The van der Waals surface area contributed by atoms with E-state index in [-0.39, 0.29) is 17.5 Å². The maximum absolute atomic E-state index is 14.2. The molecule has 0 radical (unpaired) electrons. The molecule has 0 aliphatic carbocycles. The van der Waals surface area contributed by atoms with E-state index >= 15 is 0 Å². The lowest BCUT2D eigenvalue weighted by Crippen LogP contribution is -2.50. The van der Waals surface area contributed by atoms with E-state index in [1.54, 1.807) is 0 Å². The minimum atomic E-state index is -0.623. The summed E-state index contributed by atoms with van der Waals surface area (Å²) in [6.45, 7) is 6.79. The summed E-state index contributed by atoms with van der Waals surface area (Å²) in [7, 11) is 0. The molecule has 2 heterocycles. The van der Waals surface area contributed by atoms with Gasteiger partial charge in [-0.2, -0.15) is 0 Å². The van der Waals surface area contributed by atoms with Gasteiger partial charge in [-0.15, -0.1) is 0 Å². The Morgan fingerprint density at radius 3 is 3.00 bits per heavy atom. The number of aromatic nitrogens is 1. The normalized spacial score (nSPS) is 25.5. The number of anilines is 1. The molecule has 2 atom stereocenters. The van der Waals surface area contributed by atoms with E-state index in [1.807, 2.05) is 20.8 Å². The van der Waals surface area contributed by atoms with Crippen LogP contribution in [0.4, 0.5) is 10.2 Å². The third kappa shape index (κ3) is 2.75. The summed E-state index contributed by atoms with van der Waals surface area (Å²) < 4.78 is 19.7. The van der Waals surface area contributed by atoms with Crippen LogP contribution in [0.15, 0.2) is 12.3 Å². The van der Waals surface area contributed by atoms with Gasteiger partial charge in [0, 0.05) is 19.3 Å². The predicted octanol–water partition coefficient (Wildman–Crippen LogP) is 1.95. The van der Waals surface area contributed by atoms with E-state index in [9.17, 15) is 9.18 Å². The average Bonchev–Trinajstić information content (AvgIpc) is 2.72. The highest BCUT2D eigenvalue weighted by molar-refractivity contribution is 5.95. The van der Waals surface area contributed by atoms with Crippen LogP contribution in [0, 0.1) is 5.82 Å². The summed E-state index contributed by atoms with van der Waals surface area (Å²) in [4.78, 5) is 16.2. The topological polar surface area (TPSA) is 63.2 Å². The number of carbonyl (C=O) groups is 1. The van der Waals surface area contributed by atoms with Crippen LogP contribution in [-0.2, 0) is 4.74 Å². The lowest BCUT2D eigenvalue weighted by Gasteiger charge is -2.29. The van der Waals surface area contributed by atoms with E-state index in [4.69, 9.17) is 4.74 Å². The lowest BCUT2D eigenvalue weighted by molar-refractivity contribution is 0.0724. The number of amides is 1. The van der Waals surface area contributed by atoms with Crippen LogP contribution in [0.5, 0.6) is 0 Å². The molecule has 1 amide bonds. The van der Waals surface area contributed by atoms with Crippen molar-refractivity contribution in [3.63, 3.8) is 0 Å². The number of pyridine rings is 1. The summed E-state index contributed by atoms with van der Waals surface area (Å²) in [5.74, 6) is -0.966. The molecule has 1 fully saturated rings. The first kappa shape index (κ1) is 14.7. The Kier molecular flexibility index (Phi) is 4.23. The molecule has 1 aliphatic rings. The van der Waals surface area contributed by atoms with Gasteiger partial charge < -0.3 is 15.4 Å². The van der Waals surface area contributed by atoms with Crippen molar-refractivity contribution in [2.45, 2.75) is 38.8 Å². The second-order valence-corrected chi connectivity index (χ2v) is 5.19. The molecule has 2 rings (SSSR count). The molecule has 0 aromatic carbocycles. The molecule has 0 spiro atoms. The Morgan fingerprint density at radius 1 is 1.65 bits per heavy atom. The molecule has 5 nitrogen and oxygen atoms in total. The lowest BCUT2D eigenvalue weighted by atomic mass is 9.94. The second kappa shape index (κ2) is 5.75. The molecule has 0 bridgehead atoms. The second-order valence-electron chi connectivity index (χ2n) is 5.19. The van der Waals surface area contributed by atoms with Gasteiger partial charge in [-0.25, -0.2) is 9.37 Å². The molecule has 20 heavy (non-hydrogen) atoms. The van der Waals surface area contributed by atoms with Crippen molar-refractivity contribution in [1.29, 1.82) is 0 Å². The van der Waals surface area contributed by atoms with Crippen LogP contribution in [0.25, 0.3) is 0 Å². The van der Waals surface area contributed by atoms with Crippen LogP contribution in [0.2, 0.25) is 0 Å². The number of ether oxygens (including phenoxy) is 1. The third-order valence-electron chi connectivity index (χ3n) is 3.76. The molecule has 6 heteroatoms. The van der Waals surface area contributed by atoms with Crippen molar-refractivity contribution in [2.75, 3.05) is 18.5 Å². The number of hydrogen-bond acceptors (Lipinski definition) is 4. The van der Waals surface area contributed by atoms with Crippen molar-refractivity contribution >= 4 is 11.7 Å². The predicted molar refractivity (Wildman–Crippen MR) is 74.3 cm³/mol. The van der Waals surface area contributed by atoms with Gasteiger partial charge in [-0.1, -0.05) is 0 Å². The Hall–Kier alpha value is -1.69. The Morgan fingerprint density at radius 2 is 2.40 bits per heavy atom. The van der Waals surface area contributed by atoms with Crippen LogP contribution in [-0.4, -0.2) is 35.7 Å². The van der Waals surface area contributed by atoms with Crippen molar-refractivity contribution in [1.82, 2.24) is 10.3 Å². The first-order valence-corrected chi connectivity index (χ1v) is 6.80. The van der Waals surface area contributed by atoms with Crippen molar-refractivity contribution < 1.29 is 13.9 Å². The van der Waals surface area contributed by atoms with Crippen molar-refractivity contribution in [3.8, 4) is 0 Å². The highest BCUT2D eigenvalue weighted by atomic mass is 19.1. The fourth-order valence-corrected chi connectivity index (χ4v) is 2.24. The quantitative estimate of drug-likeness (QED) is 0.885. The van der Waals surface area contributed by atoms with Crippen LogP contribution in [0.3, 0.4) is 0 Å². The third-order valence-corrected chi connectivity index (χ3v) is 3.76. The van der Waals surface area contributed by atoms with E-state index < -0.39 is 17.3 Å². The zero-order valence-electron chi connectivity index (χ0n) is 12.0. The van der Waals surface area contributed by atoms with Crippen LogP contribution in [0.1, 0.15) is 37.6 Å². The van der Waals surface area contributed by atoms with Gasteiger partial charge in [0.05, 0.1) is 17.2 Å². The standard InChI is InChI=1S/C14H20FN3O2/c1-4-16-12-11(15)10(5-7-17-12)13(19)18-14(3)6-8-20-9(14)2/h5,7,9H,4,6,8H2,1-3H3,(H,16,17)(H,18,19). The molecule has 2 N–H and O–H groups in total. The fraction of sp³-hybridized carbons (Fsp3) is 0.571. The van der Waals surface area contributed by atoms with Crippen LogP contribution < -0.4 is 10.6 Å². The average molecular weight is 281 g/mol. The van der Waals surface area contributed by atoms with Gasteiger partial charge in [0.2, 0.25) is 0 Å². The molecule has 1 aromatic rings. The zero-order valence-corrected chi connectivity index (χ0v) is 12.0. The van der Waals surface area contributed by atoms with Gasteiger partial charge in [-0.05, 0) is 33.3 Å². The molecule has 1 saturated heterocycles. The van der Waals surface area contributed by atoms with E-state index in [2.05, 4.69) is 15.6 Å². The summed E-state index contributed by atoms with van der Waals surface area (Å²) in [5, 5.41) is 5.66. The van der Waals surface area contributed by atoms with E-state index in [1.165, 1.54) is 12.3 Å². The highest BCUT2D eigenvalue weighted by Gasteiger charge is 2.38. The largest absolute Gasteiger partial charge is 0.376 e. The van der Waals surface area contributed by atoms with Crippen LogP contribution >= 0.6 is 0 Å². The first-order chi connectivity index (χ1) is 9.48.